The maximum Gasteiger partial charge on any atom is 0.320 e. The van der Waals surface area contributed by atoms with E-state index in [-0.39, 0.29) is 29.3 Å². The molecule has 0 rings (SSSR count). The Bertz CT molecular complexity index is 352. The summed E-state index contributed by atoms with van der Waals surface area (Å²) in [6, 6.07) is -1.68. The molecule has 0 spiro atoms. The zero-order valence-corrected chi connectivity index (χ0v) is 12.4. The number of nitrogens with one attached hydrogen (secondary N) is 1. The number of carbonyl (C=O) groups is 3. The Labute approximate surface area is 118 Å². The third kappa shape index (κ3) is 8.61. The van der Waals surface area contributed by atoms with Crippen LogP contribution < -0.4 is 11.1 Å². The Balaban J connectivity index is 4.33. The van der Waals surface area contributed by atoms with Crippen LogP contribution in [0.25, 0.3) is 0 Å². The van der Waals surface area contributed by atoms with Crippen molar-refractivity contribution in [2.24, 2.45) is 5.73 Å². The second-order valence-corrected chi connectivity index (χ2v) is 6.44. The molecule has 0 aromatic heterocycles. The fourth-order valence-corrected chi connectivity index (χ4v) is 1.66. The van der Waals surface area contributed by atoms with Gasteiger partial charge in [-0.3, -0.25) is 14.4 Å². The molecule has 2 unspecified atom stereocenters. The van der Waals surface area contributed by atoms with Gasteiger partial charge in [0.05, 0.1) is 6.04 Å². The number of carbonyl (C=O) groups excluding carboxylic acids is 2. The zero-order valence-electron chi connectivity index (χ0n) is 11.5. The fraction of sp³-hybridized carbons (Fsp3) is 0.750. The minimum absolute atomic E-state index is 0.0236. The van der Waals surface area contributed by atoms with Crippen LogP contribution in [0.1, 0.15) is 40.0 Å². The van der Waals surface area contributed by atoms with Crippen molar-refractivity contribution in [3.05, 3.63) is 0 Å². The highest BCUT2D eigenvalue weighted by molar-refractivity contribution is 7.81. The Kier molecular flexibility index (Phi) is 7.07. The number of hydrogen-bond donors (Lipinski definition) is 4. The van der Waals surface area contributed by atoms with Crippen LogP contribution in [-0.4, -0.2) is 39.6 Å². The number of carboxylic acid groups (broad SMARTS) is 1. The number of thiol groups is 1. The molecule has 1 amide bonds. The molecule has 0 saturated carbocycles. The highest BCUT2D eigenvalue weighted by Crippen LogP contribution is 2.19. The van der Waals surface area contributed by atoms with Gasteiger partial charge in [0, 0.05) is 11.2 Å². The lowest BCUT2D eigenvalue weighted by atomic mass is 9.99. The molecule has 0 fully saturated rings. The maximum absolute atomic E-state index is 11.6. The first-order chi connectivity index (χ1) is 8.53. The van der Waals surface area contributed by atoms with Gasteiger partial charge in [-0.05, 0) is 19.8 Å². The lowest BCUT2D eigenvalue weighted by molar-refractivity contribution is -0.138. The monoisotopic (exact) mass is 290 g/mol. The predicted octanol–water partition coefficient (Wildman–Crippen LogP) is 0.351. The van der Waals surface area contributed by atoms with Gasteiger partial charge >= 0.3 is 5.97 Å². The fourth-order valence-electron chi connectivity index (χ4n) is 1.47. The van der Waals surface area contributed by atoms with Gasteiger partial charge in [-0.25, -0.2) is 0 Å². The Morgan fingerprint density at radius 3 is 2.26 bits per heavy atom. The molecule has 4 N–H and O–H groups in total. The predicted molar refractivity (Wildman–Crippen MR) is 75.1 cm³/mol. The van der Waals surface area contributed by atoms with Crippen LogP contribution in [0.3, 0.4) is 0 Å². The molecule has 0 aromatic rings. The van der Waals surface area contributed by atoms with Crippen molar-refractivity contribution in [2.75, 3.05) is 0 Å². The maximum atomic E-state index is 11.6. The molecule has 0 aromatic carbocycles. The van der Waals surface area contributed by atoms with Crippen LogP contribution in [0.15, 0.2) is 0 Å². The third-order valence-corrected chi connectivity index (χ3v) is 2.71. The largest absolute Gasteiger partial charge is 0.480 e. The number of amides is 1. The van der Waals surface area contributed by atoms with Crippen LogP contribution >= 0.6 is 12.6 Å². The standard InChI is InChI=1S/C12H22N2O4S/c1-7(15)9(6-12(2,3)19)14-10(16)5-4-8(13)11(17)18/h8-9,19H,4-6,13H2,1-3H3,(H,14,16)(H,17,18). The van der Waals surface area contributed by atoms with Gasteiger partial charge in [-0.2, -0.15) is 12.6 Å². The lowest BCUT2D eigenvalue weighted by Crippen LogP contribution is -2.43. The van der Waals surface area contributed by atoms with Crippen molar-refractivity contribution in [3.8, 4) is 0 Å². The molecule has 0 radical (unpaired) electrons. The summed E-state index contributed by atoms with van der Waals surface area (Å²) in [4.78, 5) is 33.6. The highest BCUT2D eigenvalue weighted by Gasteiger charge is 2.24. The molecule has 0 aliphatic rings. The van der Waals surface area contributed by atoms with E-state index in [0.29, 0.717) is 6.42 Å². The van der Waals surface area contributed by atoms with E-state index < -0.39 is 18.1 Å². The number of aliphatic carboxylic acids is 1. The minimum atomic E-state index is -1.15. The van der Waals surface area contributed by atoms with E-state index in [1.165, 1.54) is 6.92 Å². The number of Topliss-reactive ketones (excluding diaryl/α,β-unsaturated/α-hetero) is 1. The second-order valence-electron chi connectivity index (χ2n) is 5.23. The van der Waals surface area contributed by atoms with Gasteiger partial charge < -0.3 is 16.2 Å². The molecule has 6 nitrogen and oxygen atoms in total. The van der Waals surface area contributed by atoms with E-state index in [1.54, 1.807) is 0 Å². The van der Waals surface area contributed by atoms with E-state index >= 15 is 0 Å². The van der Waals surface area contributed by atoms with Crippen LogP contribution in [0.4, 0.5) is 0 Å². The highest BCUT2D eigenvalue weighted by atomic mass is 32.1. The molecule has 0 aliphatic heterocycles. The Morgan fingerprint density at radius 1 is 1.37 bits per heavy atom. The molecule has 0 saturated heterocycles. The van der Waals surface area contributed by atoms with Gasteiger partial charge in [0.1, 0.15) is 6.04 Å². The second kappa shape index (κ2) is 7.49. The van der Waals surface area contributed by atoms with E-state index in [0.717, 1.165) is 0 Å². The Hall–Kier alpha value is -1.08. The summed E-state index contributed by atoms with van der Waals surface area (Å²) in [7, 11) is 0. The SMILES string of the molecule is CC(=O)C(CC(C)(C)S)NC(=O)CCC(N)C(=O)O. The Morgan fingerprint density at radius 2 is 1.89 bits per heavy atom. The van der Waals surface area contributed by atoms with Gasteiger partial charge in [0.2, 0.25) is 5.91 Å². The van der Waals surface area contributed by atoms with Gasteiger partial charge in [-0.15, -0.1) is 0 Å². The summed E-state index contributed by atoms with van der Waals surface area (Å²) < 4.78 is -0.388. The summed E-state index contributed by atoms with van der Waals surface area (Å²) >= 11 is 4.32. The summed E-state index contributed by atoms with van der Waals surface area (Å²) in [5.41, 5.74) is 5.30. The first kappa shape index (κ1) is 17.9. The molecule has 0 bridgehead atoms. The molecule has 0 heterocycles. The van der Waals surface area contributed by atoms with Crippen molar-refractivity contribution in [1.82, 2.24) is 5.32 Å². The summed E-state index contributed by atoms with van der Waals surface area (Å²) in [5, 5.41) is 11.2. The van der Waals surface area contributed by atoms with Crippen molar-refractivity contribution < 1.29 is 19.5 Å². The van der Waals surface area contributed by atoms with Gasteiger partial charge in [0.25, 0.3) is 0 Å². The van der Waals surface area contributed by atoms with Gasteiger partial charge in [-0.1, -0.05) is 13.8 Å². The quantitative estimate of drug-likeness (QED) is 0.482. The van der Waals surface area contributed by atoms with Crippen LogP contribution in [0.2, 0.25) is 0 Å². The van der Waals surface area contributed by atoms with E-state index in [1.807, 2.05) is 13.8 Å². The van der Waals surface area contributed by atoms with Crippen molar-refractivity contribution in [2.45, 2.75) is 56.9 Å². The smallest absolute Gasteiger partial charge is 0.320 e. The topological polar surface area (TPSA) is 109 Å². The van der Waals surface area contributed by atoms with Crippen LogP contribution in [0, 0.1) is 0 Å². The van der Waals surface area contributed by atoms with Crippen molar-refractivity contribution >= 4 is 30.3 Å². The summed E-state index contributed by atoms with van der Waals surface area (Å²) in [6.45, 7) is 5.09. The molecule has 0 aliphatic carbocycles. The molecular weight excluding hydrogens is 268 g/mol. The minimum Gasteiger partial charge on any atom is -0.480 e. The van der Waals surface area contributed by atoms with Crippen molar-refractivity contribution in [3.63, 3.8) is 0 Å². The van der Waals surface area contributed by atoms with E-state index in [9.17, 15) is 14.4 Å². The van der Waals surface area contributed by atoms with E-state index in [2.05, 4.69) is 17.9 Å². The normalized spacial score (nSPS) is 14.6. The summed E-state index contributed by atoms with van der Waals surface area (Å²) in [6.07, 6.45) is 0.419. The van der Waals surface area contributed by atoms with Gasteiger partial charge in [0.15, 0.2) is 5.78 Å². The van der Waals surface area contributed by atoms with Crippen LogP contribution in [0.5, 0.6) is 0 Å². The first-order valence-electron chi connectivity index (χ1n) is 6.03. The molecule has 19 heavy (non-hydrogen) atoms. The first-order valence-corrected chi connectivity index (χ1v) is 6.48. The molecule has 7 heteroatoms. The average molecular weight is 290 g/mol. The number of nitrogens with two attached hydrogens (primary N) is 1. The number of ketones is 1. The number of carboxylic acids is 1. The van der Waals surface area contributed by atoms with Crippen molar-refractivity contribution in [1.29, 1.82) is 0 Å². The zero-order chi connectivity index (χ0) is 15.2. The number of rotatable bonds is 8. The summed E-state index contributed by atoms with van der Waals surface area (Å²) in [5.74, 6) is -1.68. The third-order valence-electron chi connectivity index (χ3n) is 2.53. The van der Waals surface area contributed by atoms with Crippen LogP contribution in [-0.2, 0) is 14.4 Å². The lowest BCUT2D eigenvalue weighted by Gasteiger charge is -2.24. The number of hydrogen-bond acceptors (Lipinski definition) is 5. The molecule has 110 valence electrons. The average Bonchev–Trinajstić information content (AvgIpc) is 2.22. The van der Waals surface area contributed by atoms with E-state index in [4.69, 9.17) is 10.8 Å². The molecular formula is C12H22N2O4S. The molecule has 2 atom stereocenters.